The van der Waals surface area contributed by atoms with Gasteiger partial charge in [0.1, 0.15) is 5.82 Å². The average Bonchev–Trinajstić information content (AvgIpc) is 2.52. The van der Waals surface area contributed by atoms with Gasteiger partial charge >= 0.3 is 6.03 Å². The summed E-state index contributed by atoms with van der Waals surface area (Å²) >= 11 is 0. The molecule has 0 spiro atoms. The molecule has 23 heavy (non-hydrogen) atoms. The number of urea groups is 1. The third-order valence-corrected chi connectivity index (χ3v) is 3.98. The van der Waals surface area contributed by atoms with Gasteiger partial charge in [0.05, 0.1) is 12.5 Å². The number of hydrogen-bond acceptors (Lipinski definition) is 4. The summed E-state index contributed by atoms with van der Waals surface area (Å²) in [6.45, 7) is -0.549. The van der Waals surface area contributed by atoms with Crippen molar-refractivity contribution in [2.45, 2.75) is 18.9 Å². The third kappa shape index (κ3) is 4.07. The van der Waals surface area contributed by atoms with Crippen LogP contribution in [0.2, 0.25) is 0 Å². The maximum Gasteiger partial charge on any atom is 0.317 e. The van der Waals surface area contributed by atoms with Crippen LogP contribution < -0.4 is 10.2 Å². The van der Waals surface area contributed by atoms with Gasteiger partial charge in [0.25, 0.3) is 5.92 Å². The van der Waals surface area contributed by atoms with Crippen LogP contribution in [0, 0.1) is 5.92 Å². The van der Waals surface area contributed by atoms with Crippen LogP contribution in [0.15, 0.2) is 18.3 Å². The topological polar surface area (TPSA) is 68.7 Å². The molecule has 0 aromatic carbocycles. The lowest BCUT2D eigenvalue weighted by molar-refractivity contribution is -0.112. The molecule has 0 saturated carbocycles. The zero-order chi connectivity index (χ0) is 17.0. The maximum atomic E-state index is 13.6. The highest BCUT2D eigenvalue weighted by Crippen LogP contribution is 2.33. The number of piperidine rings is 1. The lowest BCUT2D eigenvalue weighted by Crippen LogP contribution is -2.53. The molecular formula is C15H22F2N4O2. The molecule has 8 heteroatoms. The molecule has 1 aliphatic rings. The summed E-state index contributed by atoms with van der Waals surface area (Å²) in [7, 11) is 3.71. The number of carbonyl (C=O) groups is 1. The molecule has 1 fully saturated rings. The second-order valence-electron chi connectivity index (χ2n) is 5.88. The van der Waals surface area contributed by atoms with E-state index in [0.29, 0.717) is 0 Å². The lowest BCUT2D eigenvalue weighted by Gasteiger charge is -2.37. The largest absolute Gasteiger partial charge is 0.396 e. The molecule has 128 valence electrons. The summed E-state index contributed by atoms with van der Waals surface area (Å²) in [4.78, 5) is 19.6. The van der Waals surface area contributed by atoms with Gasteiger partial charge in [-0.15, -0.1) is 0 Å². The van der Waals surface area contributed by atoms with E-state index >= 15 is 0 Å². The van der Waals surface area contributed by atoms with Gasteiger partial charge in [-0.2, -0.15) is 0 Å². The molecule has 1 aromatic rings. The minimum absolute atomic E-state index is 0.0249. The van der Waals surface area contributed by atoms with Crippen LogP contribution in [0.1, 0.15) is 12.0 Å². The Kier molecular flexibility index (Phi) is 5.35. The summed E-state index contributed by atoms with van der Waals surface area (Å²) in [6.07, 6.45) is 1.24. The Morgan fingerprint density at radius 3 is 2.96 bits per heavy atom. The summed E-state index contributed by atoms with van der Waals surface area (Å²) < 4.78 is 27.1. The van der Waals surface area contributed by atoms with Crippen molar-refractivity contribution in [1.82, 2.24) is 15.2 Å². The van der Waals surface area contributed by atoms with E-state index in [1.807, 2.05) is 25.1 Å². The predicted molar refractivity (Wildman–Crippen MR) is 82.5 cm³/mol. The third-order valence-electron chi connectivity index (χ3n) is 3.98. The second-order valence-corrected chi connectivity index (χ2v) is 5.88. The summed E-state index contributed by atoms with van der Waals surface area (Å²) in [6, 6.07) is 3.22. The Morgan fingerprint density at radius 1 is 1.57 bits per heavy atom. The van der Waals surface area contributed by atoms with Crippen LogP contribution in [0.3, 0.4) is 0 Å². The molecule has 0 bridgehead atoms. The fourth-order valence-corrected chi connectivity index (χ4v) is 2.61. The fraction of sp³-hybridized carbons (Fsp3) is 0.600. The number of nitrogens with one attached hydrogen (secondary N) is 1. The van der Waals surface area contributed by atoms with Crippen LogP contribution in [0.4, 0.5) is 19.4 Å². The number of hydrogen-bond donors (Lipinski definition) is 2. The first-order valence-electron chi connectivity index (χ1n) is 7.48. The minimum atomic E-state index is -2.92. The number of nitrogens with zero attached hydrogens (tertiary/aromatic N) is 3. The number of anilines is 1. The first-order valence-corrected chi connectivity index (χ1v) is 7.48. The van der Waals surface area contributed by atoms with Crippen molar-refractivity contribution >= 4 is 11.8 Å². The van der Waals surface area contributed by atoms with Crippen molar-refractivity contribution in [3.63, 3.8) is 0 Å². The van der Waals surface area contributed by atoms with E-state index in [1.54, 1.807) is 12.3 Å². The van der Waals surface area contributed by atoms with E-state index in [1.165, 1.54) is 4.90 Å². The molecular weight excluding hydrogens is 306 g/mol. The summed E-state index contributed by atoms with van der Waals surface area (Å²) in [5.74, 6) is -3.39. The highest BCUT2D eigenvalue weighted by Gasteiger charge is 2.44. The van der Waals surface area contributed by atoms with Crippen LogP contribution in [-0.4, -0.2) is 60.7 Å². The van der Waals surface area contributed by atoms with Gasteiger partial charge in [-0.3, -0.25) is 0 Å². The number of halogens is 2. The lowest BCUT2D eigenvalue weighted by atomic mass is 9.94. The van der Waals surface area contributed by atoms with Gasteiger partial charge in [-0.1, -0.05) is 6.07 Å². The van der Waals surface area contributed by atoms with Gasteiger partial charge < -0.3 is 20.2 Å². The number of rotatable bonds is 4. The Balaban J connectivity index is 1.96. The summed E-state index contributed by atoms with van der Waals surface area (Å²) in [5.41, 5.74) is 0.840. The van der Waals surface area contributed by atoms with Gasteiger partial charge in [0.15, 0.2) is 0 Å². The quantitative estimate of drug-likeness (QED) is 0.874. The smallest absolute Gasteiger partial charge is 0.317 e. The highest BCUT2D eigenvalue weighted by molar-refractivity contribution is 5.74. The van der Waals surface area contributed by atoms with Crippen LogP contribution in [0.5, 0.6) is 0 Å². The van der Waals surface area contributed by atoms with Crippen molar-refractivity contribution < 1.29 is 18.7 Å². The molecule has 1 aromatic heterocycles. The van der Waals surface area contributed by atoms with E-state index in [9.17, 15) is 13.6 Å². The molecule has 1 unspecified atom stereocenters. The van der Waals surface area contributed by atoms with E-state index in [-0.39, 0.29) is 19.6 Å². The Morgan fingerprint density at radius 2 is 2.30 bits per heavy atom. The predicted octanol–water partition coefficient (Wildman–Crippen LogP) is 1.31. The van der Waals surface area contributed by atoms with Gasteiger partial charge in [-0.25, -0.2) is 18.6 Å². The van der Waals surface area contributed by atoms with E-state index in [0.717, 1.165) is 11.4 Å². The number of aliphatic hydroxyl groups excluding tert-OH is 1. The molecule has 1 saturated heterocycles. The van der Waals surface area contributed by atoms with Crippen molar-refractivity contribution in [2.75, 3.05) is 38.7 Å². The first kappa shape index (κ1) is 17.4. The molecule has 1 aliphatic heterocycles. The highest BCUT2D eigenvalue weighted by atomic mass is 19.3. The van der Waals surface area contributed by atoms with E-state index < -0.39 is 30.9 Å². The van der Waals surface area contributed by atoms with Crippen molar-refractivity contribution in [3.8, 4) is 0 Å². The number of pyridine rings is 1. The van der Waals surface area contributed by atoms with Crippen LogP contribution >= 0.6 is 0 Å². The molecule has 0 aliphatic carbocycles. The number of aliphatic hydroxyl groups is 1. The molecule has 2 rings (SSSR count). The van der Waals surface area contributed by atoms with E-state index in [2.05, 4.69) is 10.3 Å². The minimum Gasteiger partial charge on any atom is -0.396 e. The Bertz CT molecular complexity index is 554. The standard InChI is InChI=1S/C15H22F2N4O2/c1-20(2)13-11(4-3-6-18-13)8-19-14(23)21-7-5-15(16,17)12(9-21)10-22/h3-4,6,12,22H,5,7-10H2,1-2H3,(H,19,23). The van der Waals surface area contributed by atoms with Gasteiger partial charge in [-0.05, 0) is 6.07 Å². The zero-order valence-corrected chi connectivity index (χ0v) is 13.3. The van der Waals surface area contributed by atoms with Crippen molar-refractivity contribution in [1.29, 1.82) is 0 Å². The number of likely N-dealkylation sites (tertiary alicyclic amines) is 1. The zero-order valence-electron chi connectivity index (χ0n) is 13.3. The van der Waals surface area contributed by atoms with Crippen molar-refractivity contribution in [3.05, 3.63) is 23.9 Å². The Hall–Kier alpha value is -1.96. The van der Waals surface area contributed by atoms with Crippen molar-refractivity contribution in [2.24, 2.45) is 5.92 Å². The SMILES string of the molecule is CN(C)c1ncccc1CNC(=O)N1CCC(F)(F)C(CO)C1. The molecule has 6 nitrogen and oxygen atoms in total. The normalized spacial score (nSPS) is 20.2. The number of aromatic nitrogens is 1. The second kappa shape index (κ2) is 7.08. The number of alkyl halides is 2. The first-order chi connectivity index (χ1) is 10.8. The maximum absolute atomic E-state index is 13.6. The molecule has 0 radical (unpaired) electrons. The van der Waals surface area contributed by atoms with Gasteiger partial charge in [0.2, 0.25) is 0 Å². The number of amides is 2. The molecule has 1 atom stereocenters. The summed E-state index contributed by atoms with van der Waals surface area (Å²) in [5, 5.41) is 11.8. The van der Waals surface area contributed by atoms with Gasteiger partial charge in [0, 0.05) is 51.9 Å². The van der Waals surface area contributed by atoms with Crippen LogP contribution in [-0.2, 0) is 6.54 Å². The monoisotopic (exact) mass is 328 g/mol. The van der Waals surface area contributed by atoms with Crippen LogP contribution in [0.25, 0.3) is 0 Å². The van der Waals surface area contributed by atoms with E-state index in [4.69, 9.17) is 5.11 Å². The Labute approximate surface area is 134 Å². The molecule has 2 amide bonds. The molecule has 2 N–H and O–H groups in total. The fourth-order valence-electron chi connectivity index (χ4n) is 2.61. The average molecular weight is 328 g/mol. The molecule has 2 heterocycles. The number of carbonyl (C=O) groups excluding carboxylic acids is 1.